The first-order valence-corrected chi connectivity index (χ1v) is 18.6. The Morgan fingerprint density at radius 1 is 0.846 bits per heavy atom. The summed E-state index contributed by atoms with van der Waals surface area (Å²) in [5.41, 5.74) is 0.305. The number of rotatable bonds is 19. The average molecular weight is 744 g/mol. The van der Waals surface area contributed by atoms with Gasteiger partial charge in [-0.3, -0.25) is 14.4 Å². The van der Waals surface area contributed by atoms with E-state index < -0.39 is 5.43 Å². The van der Waals surface area contributed by atoms with Crippen molar-refractivity contribution < 1.29 is 43.2 Å². The highest BCUT2D eigenvalue weighted by atomic mass is 32.2. The molecule has 4 amide bonds. The third-order valence-corrected chi connectivity index (χ3v) is 11.0. The molecule has 0 radical (unpaired) electrons. The van der Waals surface area contributed by atoms with Crippen molar-refractivity contribution >= 4 is 51.4 Å². The SMILES string of the molecule is COc1c(OC)c(OC)c2c(c1O)c(=O)c1ccc(OCCCCNC(=O)CCCNC(=O)CCCC[C@H]3SC[C@H]4NC(=O)N[C@H]43)c(OC)c1n2C. The zero-order chi connectivity index (χ0) is 37.4. The molecule has 5 N–H and O–H groups in total. The largest absolute Gasteiger partial charge is 0.504 e. The van der Waals surface area contributed by atoms with Crippen LogP contribution < -0.4 is 50.4 Å². The summed E-state index contributed by atoms with van der Waals surface area (Å²) in [6.45, 7) is 1.28. The van der Waals surface area contributed by atoms with Crippen LogP contribution in [-0.4, -0.2) is 98.7 Å². The summed E-state index contributed by atoms with van der Waals surface area (Å²) in [4.78, 5) is 49.8. The molecule has 0 spiro atoms. The number of phenols is 1. The topological polar surface area (TPSA) is 188 Å². The van der Waals surface area contributed by atoms with E-state index in [1.165, 1.54) is 28.4 Å². The number of phenolic OH excluding ortho intramolecular Hbond substituents is 1. The van der Waals surface area contributed by atoms with Crippen LogP contribution in [0.5, 0.6) is 34.5 Å². The maximum atomic E-state index is 13.7. The highest BCUT2D eigenvalue weighted by Crippen LogP contribution is 2.50. The van der Waals surface area contributed by atoms with E-state index in [9.17, 15) is 24.3 Å². The standard InChI is InChI=1S/C36H49N5O10S/c1-41-28-20(30(44)26-29(41)33(48-3)35(50-5)34(49-4)31(26)45)14-15-22(32(28)47-2)51-18-9-8-16-37-25(43)13-10-17-38-24(42)12-7-6-11-23-27-21(19-52-23)39-36(46)40-27/h14-15,21,23,27,45H,6-13,16-19H2,1-5H3,(H,37,43)(H,38,42)(H2,39,40,46)/t21-,23-,27-/m1/s1. The monoisotopic (exact) mass is 743 g/mol. The molecular weight excluding hydrogens is 694 g/mol. The van der Waals surface area contributed by atoms with Gasteiger partial charge >= 0.3 is 6.03 Å². The fourth-order valence-corrected chi connectivity index (χ4v) is 8.49. The number of carbonyl (C=O) groups is 3. The van der Waals surface area contributed by atoms with Crippen LogP contribution >= 0.6 is 11.8 Å². The molecule has 3 atom stereocenters. The number of urea groups is 1. The fourth-order valence-electron chi connectivity index (χ4n) is 6.95. The Morgan fingerprint density at radius 3 is 2.21 bits per heavy atom. The van der Waals surface area contributed by atoms with E-state index >= 15 is 0 Å². The highest BCUT2D eigenvalue weighted by Gasteiger charge is 2.42. The number of unbranched alkanes of at least 4 members (excludes halogenated alkanes) is 2. The molecule has 3 aromatic rings. The maximum absolute atomic E-state index is 13.7. The van der Waals surface area contributed by atoms with Crippen molar-refractivity contribution in [2.75, 3.05) is 53.9 Å². The number of nitrogens with one attached hydrogen (secondary N) is 4. The van der Waals surface area contributed by atoms with E-state index in [4.69, 9.17) is 23.7 Å². The van der Waals surface area contributed by atoms with E-state index in [-0.39, 0.29) is 58.3 Å². The number of aromatic nitrogens is 1. The fraction of sp³-hybridized carbons (Fsp3) is 0.556. The lowest BCUT2D eigenvalue weighted by molar-refractivity contribution is -0.123. The molecule has 284 valence electrons. The maximum Gasteiger partial charge on any atom is 0.315 e. The van der Waals surface area contributed by atoms with Crippen LogP contribution in [0.15, 0.2) is 16.9 Å². The molecule has 3 heterocycles. The van der Waals surface area contributed by atoms with Crippen LogP contribution in [0, 0.1) is 0 Å². The number of aromatic hydroxyl groups is 1. The Kier molecular flexibility index (Phi) is 13.1. The number of aryl methyl sites for hydroxylation is 1. The van der Waals surface area contributed by atoms with Gasteiger partial charge in [-0.05, 0) is 44.2 Å². The minimum absolute atomic E-state index is 0.00765. The predicted molar refractivity (Wildman–Crippen MR) is 199 cm³/mol. The van der Waals surface area contributed by atoms with Crippen molar-refractivity contribution in [3.63, 3.8) is 0 Å². The summed E-state index contributed by atoms with van der Waals surface area (Å²) < 4.78 is 29.9. The van der Waals surface area contributed by atoms with Gasteiger partial charge < -0.3 is 54.6 Å². The summed E-state index contributed by atoms with van der Waals surface area (Å²) in [7, 11) is 7.44. The zero-order valence-corrected chi connectivity index (χ0v) is 31.2. The number of thioether (sulfide) groups is 1. The minimum atomic E-state index is -0.439. The van der Waals surface area contributed by atoms with Gasteiger partial charge in [0.25, 0.3) is 0 Å². The first-order valence-electron chi connectivity index (χ1n) is 17.5. The van der Waals surface area contributed by atoms with Crippen molar-refractivity contribution in [3.8, 4) is 34.5 Å². The van der Waals surface area contributed by atoms with Gasteiger partial charge in [-0.15, -0.1) is 0 Å². The third kappa shape index (κ3) is 8.16. The molecule has 0 unspecified atom stereocenters. The number of hydrogen-bond donors (Lipinski definition) is 5. The molecule has 52 heavy (non-hydrogen) atoms. The van der Waals surface area contributed by atoms with Crippen molar-refractivity contribution in [2.24, 2.45) is 7.05 Å². The van der Waals surface area contributed by atoms with Gasteiger partial charge in [0.05, 0.1) is 63.4 Å². The lowest BCUT2D eigenvalue weighted by Crippen LogP contribution is -2.36. The lowest BCUT2D eigenvalue weighted by atomic mass is 10.0. The van der Waals surface area contributed by atoms with Crippen LogP contribution in [0.4, 0.5) is 4.79 Å². The molecule has 2 fully saturated rings. The second-order valence-corrected chi connectivity index (χ2v) is 14.1. The number of amides is 4. The molecule has 0 saturated carbocycles. The van der Waals surface area contributed by atoms with Crippen LogP contribution in [0.1, 0.15) is 51.4 Å². The van der Waals surface area contributed by atoms with E-state index in [2.05, 4.69) is 21.3 Å². The highest BCUT2D eigenvalue weighted by molar-refractivity contribution is 8.00. The Hall–Kier alpha value is -4.73. The summed E-state index contributed by atoms with van der Waals surface area (Å²) in [6.07, 6.45) is 5.36. The van der Waals surface area contributed by atoms with Crippen LogP contribution in [0.2, 0.25) is 0 Å². The number of benzene rings is 2. The minimum Gasteiger partial charge on any atom is -0.504 e. The Bertz CT molecular complexity index is 1850. The predicted octanol–water partition coefficient (Wildman–Crippen LogP) is 3.33. The first kappa shape index (κ1) is 38.5. The molecule has 0 bridgehead atoms. The number of ether oxygens (including phenoxy) is 5. The van der Waals surface area contributed by atoms with E-state index in [1.54, 1.807) is 23.7 Å². The van der Waals surface area contributed by atoms with Gasteiger partial charge in [-0.1, -0.05) is 6.42 Å². The summed E-state index contributed by atoms with van der Waals surface area (Å²) in [5.74, 6) is 1.62. The van der Waals surface area contributed by atoms with Crippen molar-refractivity contribution in [1.82, 2.24) is 25.8 Å². The second kappa shape index (κ2) is 17.7. The number of fused-ring (bicyclic) bond motifs is 3. The van der Waals surface area contributed by atoms with Crippen LogP contribution in [-0.2, 0) is 16.6 Å². The third-order valence-electron chi connectivity index (χ3n) is 9.50. The summed E-state index contributed by atoms with van der Waals surface area (Å²) in [6, 6.07) is 3.60. The van der Waals surface area contributed by atoms with E-state index in [0.717, 1.165) is 25.0 Å². The van der Waals surface area contributed by atoms with Crippen molar-refractivity contribution in [1.29, 1.82) is 0 Å². The molecule has 2 aromatic carbocycles. The Labute approximate surface area is 306 Å². The quantitative estimate of drug-likeness (QED) is 0.0689. The number of pyridine rings is 1. The van der Waals surface area contributed by atoms with Gasteiger partial charge in [0.1, 0.15) is 5.52 Å². The van der Waals surface area contributed by atoms with Gasteiger partial charge in [-0.25, -0.2) is 4.79 Å². The molecule has 15 nitrogen and oxygen atoms in total. The molecule has 2 saturated heterocycles. The van der Waals surface area contributed by atoms with Gasteiger partial charge in [0.15, 0.2) is 23.0 Å². The molecule has 16 heteroatoms. The van der Waals surface area contributed by atoms with Gasteiger partial charge in [-0.2, -0.15) is 11.8 Å². The number of methoxy groups -OCH3 is 4. The van der Waals surface area contributed by atoms with Crippen LogP contribution in [0.3, 0.4) is 0 Å². The normalized spacial score (nSPS) is 17.7. The van der Waals surface area contributed by atoms with E-state index in [1.807, 2.05) is 11.8 Å². The summed E-state index contributed by atoms with van der Waals surface area (Å²) in [5, 5.41) is 23.5. The average Bonchev–Trinajstić information content (AvgIpc) is 3.70. The molecule has 1 aromatic heterocycles. The zero-order valence-electron chi connectivity index (χ0n) is 30.3. The van der Waals surface area contributed by atoms with E-state index in [0.29, 0.717) is 85.0 Å². The van der Waals surface area contributed by atoms with Gasteiger partial charge in [0.2, 0.25) is 28.7 Å². The molecule has 5 rings (SSSR count). The molecule has 2 aliphatic rings. The number of nitrogens with zero attached hydrogens (tertiary/aromatic N) is 1. The lowest BCUT2D eigenvalue weighted by Gasteiger charge is -2.21. The Morgan fingerprint density at radius 2 is 1.52 bits per heavy atom. The first-order chi connectivity index (χ1) is 25.1. The van der Waals surface area contributed by atoms with Crippen molar-refractivity contribution in [2.45, 2.75) is 68.7 Å². The summed E-state index contributed by atoms with van der Waals surface area (Å²) >= 11 is 1.88. The number of carbonyl (C=O) groups excluding carboxylic acids is 3. The van der Waals surface area contributed by atoms with Crippen molar-refractivity contribution in [3.05, 3.63) is 22.4 Å². The van der Waals surface area contributed by atoms with Crippen LogP contribution in [0.25, 0.3) is 21.8 Å². The smallest absolute Gasteiger partial charge is 0.315 e. The molecule has 2 aliphatic heterocycles. The Balaban J connectivity index is 1.03. The molecular formula is C36H49N5O10S. The van der Waals surface area contributed by atoms with Gasteiger partial charge in [0, 0.05) is 44.0 Å². The second-order valence-electron chi connectivity index (χ2n) is 12.8. The number of hydrogen-bond acceptors (Lipinski definition) is 11. The molecule has 0 aliphatic carbocycles.